The highest BCUT2D eigenvalue weighted by atomic mass is 32.2. The second-order valence-electron chi connectivity index (χ2n) is 6.16. The van der Waals surface area contributed by atoms with Gasteiger partial charge in [-0.1, -0.05) is 60.7 Å². The summed E-state index contributed by atoms with van der Waals surface area (Å²) < 4.78 is 29.9. The molecular formula is C18H24NO3S+. The zero-order valence-corrected chi connectivity index (χ0v) is 14.6. The Labute approximate surface area is 139 Å². The number of nitrogens with zero attached hydrogens (tertiary/aromatic N) is 1. The fourth-order valence-corrected chi connectivity index (χ4v) is 2.19. The molecule has 23 heavy (non-hydrogen) atoms. The quantitative estimate of drug-likeness (QED) is 0.688. The summed E-state index contributed by atoms with van der Waals surface area (Å²) in [4.78, 5) is 0. The van der Waals surface area contributed by atoms with E-state index in [9.17, 15) is 8.42 Å². The summed E-state index contributed by atoms with van der Waals surface area (Å²) in [6.07, 6.45) is 1.33. The predicted molar refractivity (Wildman–Crippen MR) is 95.2 cm³/mol. The van der Waals surface area contributed by atoms with Gasteiger partial charge in [-0.25, -0.2) is 0 Å². The number of rotatable bonds is 4. The van der Waals surface area contributed by atoms with Crippen LogP contribution < -0.4 is 0 Å². The largest absolute Gasteiger partial charge is 0.327 e. The van der Waals surface area contributed by atoms with Gasteiger partial charge in [0.2, 0.25) is 0 Å². The van der Waals surface area contributed by atoms with E-state index >= 15 is 0 Å². The lowest BCUT2D eigenvalue weighted by atomic mass is 10.2. The number of hydrogen-bond acceptors (Lipinski definition) is 2. The van der Waals surface area contributed by atoms with Gasteiger partial charge in [-0.15, -0.1) is 0 Å². The second kappa shape index (κ2) is 8.62. The van der Waals surface area contributed by atoms with Crippen LogP contribution >= 0.6 is 0 Å². The standard InChI is InChI=1S/C10H16N.C8H8O3S/c1-11(2,3)9-10-7-5-4-6-8-10;9-12(10,11)7-6-8-4-2-1-3-5-8/h4-8H,9H2,1-3H3;1-7H,(H,9,10,11)/q+1;. The lowest BCUT2D eigenvalue weighted by Crippen LogP contribution is -2.33. The Bertz CT molecular complexity index is 703. The Balaban J connectivity index is 0.000000231. The summed E-state index contributed by atoms with van der Waals surface area (Å²) >= 11 is 0. The Kier molecular flexibility index (Phi) is 7.16. The summed E-state index contributed by atoms with van der Waals surface area (Å²) in [5, 5.41) is 0.752. The van der Waals surface area contributed by atoms with Gasteiger partial charge in [0.1, 0.15) is 6.54 Å². The van der Waals surface area contributed by atoms with Crippen molar-refractivity contribution in [3.63, 3.8) is 0 Å². The fourth-order valence-electron chi connectivity index (χ4n) is 1.86. The normalized spacial score (nSPS) is 11.8. The first-order valence-electron chi connectivity index (χ1n) is 7.21. The molecule has 4 nitrogen and oxygen atoms in total. The maximum atomic E-state index is 10.3. The van der Waals surface area contributed by atoms with E-state index in [4.69, 9.17) is 4.55 Å². The van der Waals surface area contributed by atoms with Gasteiger partial charge < -0.3 is 4.48 Å². The van der Waals surface area contributed by atoms with Crippen molar-refractivity contribution in [1.82, 2.24) is 0 Å². The zero-order chi connectivity index (χ0) is 17.3. The van der Waals surface area contributed by atoms with Crippen LogP contribution in [0.25, 0.3) is 6.08 Å². The van der Waals surface area contributed by atoms with Crippen molar-refractivity contribution in [2.24, 2.45) is 0 Å². The Morgan fingerprint density at radius 1 is 0.913 bits per heavy atom. The van der Waals surface area contributed by atoms with Crippen molar-refractivity contribution in [3.8, 4) is 0 Å². The molecule has 0 aliphatic rings. The maximum absolute atomic E-state index is 10.3. The minimum atomic E-state index is -4.00. The van der Waals surface area contributed by atoms with Gasteiger partial charge >= 0.3 is 0 Å². The van der Waals surface area contributed by atoms with Crippen LogP contribution in [0.5, 0.6) is 0 Å². The Morgan fingerprint density at radius 3 is 1.83 bits per heavy atom. The summed E-state index contributed by atoms with van der Waals surface area (Å²) in [5.41, 5.74) is 2.13. The van der Waals surface area contributed by atoms with Crippen LogP contribution in [0, 0.1) is 0 Å². The lowest BCUT2D eigenvalue weighted by molar-refractivity contribution is -0.884. The molecule has 2 rings (SSSR count). The zero-order valence-electron chi connectivity index (χ0n) is 13.8. The highest BCUT2D eigenvalue weighted by Gasteiger charge is 2.06. The molecular weight excluding hydrogens is 310 g/mol. The summed E-state index contributed by atoms with van der Waals surface area (Å²) in [6.45, 7) is 1.10. The monoisotopic (exact) mass is 334 g/mol. The number of benzene rings is 2. The third-order valence-corrected chi connectivity index (χ3v) is 3.21. The van der Waals surface area contributed by atoms with Crippen molar-refractivity contribution in [2.75, 3.05) is 21.1 Å². The van der Waals surface area contributed by atoms with Crippen LogP contribution in [0.4, 0.5) is 0 Å². The third-order valence-electron chi connectivity index (χ3n) is 2.73. The molecule has 0 bridgehead atoms. The molecule has 0 radical (unpaired) electrons. The minimum Gasteiger partial charge on any atom is -0.327 e. The molecule has 0 saturated heterocycles. The van der Waals surface area contributed by atoms with Crippen LogP contribution in [0.3, 0.4) is 0 Å². The van der Waals surface area contributed by atoms with E-state index in [0.717, 1.165) is 22.0 Å². The van der Waals surface area contributed by atoms with Crippen molar-refractivity contribution in [2.45, 2.75) is 6.54 Å². The van der Waals surface area contributed by atoms with Crippen LogP contribution in [0.1, 0.15) is 11.1 Å². The van der Waals surface area contributed by atoms with Crippen LogP contribution in [-0.4, -0.2) is 38.6 Å². The molecule has 0 atom stereocenters. The summed E-state index contributed by atoms with van der Waals surface area (Å²) in [6, 6.07) is 19.4. The van der Waals surface area contributed by atoms with Gasteiger partial charge in [-0.2, -0.15) is 8.42 Å². The summed E-state index contributed by atoms with van der Waals surface area (Å²) in [7, 11) is 2.60. The van der Waals surface area contributed by atoms with E-state index in [1.807, 2.05) is 6.07 Å². The molecule has 0 unspecified atom stereocenters. The average molecular weight is 334 g/mol. The van der Waals surface area contributed by atoms with Gasteiger partial charge in [0.05, 0.1) is 26.6 Å². The highest BCUT2D eigenvalue weighted by molar-refractivity contribution is 7.88. The van der Waals surface area contributed by atoms with E-state index in [2.05, 4.69) is 51.5 Å². The first-order chi connectivity index (χ1) is 10.7. The molecule has 0 amide bonds. The first kappa shape index (κ1) is 19.1. The van der Waals surface area contributed by atoms with E-state index in [1.54, 1.807) is 24.3 Å². The van der Waals surface area contributed by atoms with Crippen molar-refractivity contribution >= 4 is 16.2 Å². The summed E-state index contributed by atoms with van der Waals surface area (Å²) in [5.74, 6) is 0. The minimum absolute atomic E-state index is 0.732. The van der Waals surface area contributed by atoms with Gasteiger partial charge in [-0.3, -0.25) is 4.55 Å². The molecule has 124 valence electrons. The predicted octanol–water partition coefficient (Wildman–Crippen LogP) is 3.44. The highest BCUT2D eigenvalue weighted by Crippen LogP contribution is 2.05. The van der Waals surface area contributed by atoms with Gasteiger partial charge in [0, 0.05) is 5.56 Å². The van der Waals surface area contributed by atoms with Crippen LogP contribution in [0.15, 0.2) is 66.1 Å². The Hall–Kier alpha value is -1.95. The molecule has 0 spiro atoms. The molecule has 0 saturated carbocycles. The van der Waals surface area contributed by atoms with E-state index in [0.29, 0.717) is 0 Å². The van der Waals surface area contributed by atoms with Gasteiger partial charge in [0.25, 0.3) is 10.1 Å². The lowest BCUT2D eigenvalue weighted by Gasteiger charge is -2.23. The van der Waals surface area contributed by atoms with Gasteiger partial charge in [0.15, 0.2) is 0 Å². The Morgan fingerprint density at radius 2 is 1.39 bits per heavy atom. The second-order valence-corrected chi connectivity index (χ2v) is 7.46. The average Bonchev–Trinajstić information content (AvgIpc) is 2.46. The molecule has 2 aromatic rings. The topological polar surface area (TPSA) is 54.4 Å². The molecule has 5 heteroatoms. The van der Waals surface area contributed by atoms with E-state index in [1.165, 1.54) is 11.6 Å². The molecule has 0 heterocycles. The molecule has 0 aliphatic carbocycles. The van der Waals surface area contributed by atoms with E-state index in [-0.39, 0.29) is 0 Å². The van der Waals surface area contributed by atoms with Crippen LogP contribution in [-0.2, 0) is 16.7 Å². The molecule has 2 aromatic carbocycles. The smallest absolute Gasteiger partial charge is 0.287 e. The molecule has 0 aromatic heterocycles. The first-order valence-corrected chi connectivity index (χ1v) is 8.71. The molecule has 0 fully saturated rings. The number of quaternary nitrogens is 1. The SMILES string of the molecule is C[N+](C)(C)Cc1ccccc1.O=S(=O)(O)C=Cc1ccccc1. The van der Waals surface area contributed by atoms with Crippen molar-refractivity contribution < 1.29 is 17.5 Å². The number of hydrogen-bond donors (Lipinski definition) is 1. The van der Waals surface area contributed by atoms with Crippen LogP contribution in [0.2, 0.25) is 0 Å². The third kappa shape index (κ3) is 10.4. The van der Waals surface area contributed by atoms with Crippen molar-refractivity contribution in [3.05, 3.63) is 77.2 Å². The van der Waals surface area contributed by atoms with Crippen molar-refractivity contribution in [1.29, 1.82) is 0 Å². The van der Waals surface area contributed by atoms with Gasteiger partial charge in [-0.05, 0) is 11.6 Å². The molecule has 0 aliphatic heterocycles. The fraction of sp³-hybridized carbons (Fsp3) is 0.222. The molecule has 1 N–H and O–H groups in total. The van der Waals surface area contributed by atoms with E-state index < -0.39 is 10.1 Å². The maximum Gasteiger partial charge on any atom is 0.287 e.